The fraction of sp³-hybridized carbons (Fsp3) is 0.323. The molecule has 0 amide bonds. The van der Waals surface area contributed by atoms with Crippen molar-refractivity contribution in [2.75, 3.05) is 0 Å². The van der Waals surface area contributed by atoms with E-state index in [-0.39, 0.29) is 5.78 Å². The summed E-state index contributed by atoms with van der Waals surface area (Å²) in [5, 5.41) is 0. The highest BCUT2D eigenvalue weighted by Crippen LogP contribution is 2.45. The van der Waals surface area contributed by atoms with E-state index in [1.165, 1.54) is 43.2 Å². The fourth-order valence-electron chi connectivity index (χ4n) is 5.38. The maximum Gasteiger partial charge on any atom is 0.173 e. The van der Waals surface area contributed by atoms with Crippen LogP contribution in [0, 0.1) is 11.3 Å². The smallest absolute Gasteiger partial charge is 0.173 e. The van der Waals surface area contributed by atoms with Crippen molar-refractivity contribution in [1.82, 2.24) is 0 Å². The number of hydrogen-bond donors (Lipinski definition) is 0. The van der Waals surface area contributed by atoms with E-state index in [1.54, 1.807) is 0 Å². The first-order valence-electron chi connectivity index (χ1n) is 12.0. The Bertz CT molecular complexity index is 1000. The van der Waals surface area contributed by atoms with Gasteiger partial charge in [0.05, 0.1) is 5.41 Å². The van der Waals surface area contributed by atoms with E-state index < -0.39 is 5.41 Å². The van der Waals surface area contributed by atoms with Crippen LogP contribution in [-0.2, 0) is 12.8 Å². The second-order valence-electron chi connectivity index (χ2n) is 9.41. The van der Waals surface area contributed by atoms with Crippen molar-refractivity contribution in [2.45, 2.75) is 51.4 Å². The van der Waals surface area contributed by atoms with Crippen molar-refractivity contribution in [3.05, 3.63) is 120 Å². The second kappa shape index (κ2) is 10.6. The third-order valence-corrected chi connectivity index (χ3v) is 7.12. The topological polar surface area (TPSA) is 17.1 Å². The van der Waals surface area contributed by atoms with E-state index in [1.807, 2.05) is 42.5 Å². The third kappa shape index (κ3) is 5.27. The second-order valence-corrected chi connectivity index (χ2v) is 9.41. The van der Waals surface area contributed by atoms with E-state index in [2.05, 4.69) is 55.1 Å². The van der Waals surface area contributed by atoms with Gasteiger partial charge in [-0.25, -0.2) is 0 Å². The molecule has 1 heteroatoms. The summed E-state index contributed by atoms with van der Waals surface area (Å²) in [5.74, 6) is 0.807. The van der Waals surface area contributed by atoms with Crippen LogP contribution in [0.25, 0.3) is 0 Å². The molecule has 0 aromatic heterocycles. The third-order valence-electron chi connectivity index (χ3n) is 7.12. The highest BCUT2D eigenvalue weighted by Gasteiger charge is 2.43. The zero-order chi connectivity index (χ0) is 22.2. The zero-order valence-electron chi connectivity index (χ0n) is 19.0. The van der Waals surface area contributed by atoms with Crippen molar-refractivity contribution in [2.24, 2.45) is 11.3 Å². The molecule has 4 rings (SSSR count). The van der Waals surface area contributed by atoms with Gasteiger partial charge in [0.15, 0.2) is 5.78 Å². The van der Waals surface area contributed by atoms with E-state index in [0.29, 0.717) is 12.3 Å². The average Bonchev–Trinajstić information content (AvgIpc) is 2.85. The Labute approximate surface area is 193 Å². The molecule has 1 atom stereocenters. The minimum atomic E-state index is -0.597. The molecule has 32 heavy (non-hydrogen) atoms. The Kier molecular flexibility index (Phi) is 7.37. The van der Waals surface area contributed by atoms with Crippen LogP contribution in [-0.4, -0.2) is 5.78 Å². The van der Waals surface area contributed by atoms with E-state index in [9.17, 15) is 4.79 Å². The lowest BCUT2D eigenvalue weighted by Crippen LogP contribution is -2.38. The lowest BCUT2D eigenvalue weighted by Gasteiger charge is -2.39. The minimum absolute atomic E-state index is 0.230. The molecule has 0 radical (unpaired) electrons. The zero-order valence-corrected chi connectivity index (χ0v) is 19.0. The van der Waals surface area contributed by atoms with Crippen molar-refractivity contribution >= 4 is 5.78 Å². The maximum absolute atomic E-state index is 14.3. The normalized spacial score (nSPS) is 16.2. The molecule has 3 aromatic carbocycles. The Morgan fingerprint density at radius 1 is 0.750 bits per heavy atom. The van der Waals surface area contributed by atoms with Crippen LogP contribution in [0.2, 0.25) is 0 Å². The highest BCUT2D eigenvalue weighted by molar-refractivity contribution is 6.02. The lowest BCUT2D eigenvalue weighted by atomic mass is 9.63. The fourth-order valence-corrected chi connectivity index (χ4v) is 5.38. The first kappa shape index (κ1) is 22.3. The first-order valence-corrected chi connectivity index (χ1v) is 12.0. The number of carbonyl (C=O) groups excluding carboxylic acids is 1. The van der Waals surface area contributed by atoms with Gasteiger partial charge in [0.1, 0.15) is 0 Å². The van der Waals surface area contributed by atoms with Gasteiger partial charge in [0.2, 0.25) is 0 Å². The molecule has 1 saturated carbocycles. The van der Waals surface area contributed by atoms with Gasteiger partial charge in [0.25, 0.3) is 0 Å². The average molecular weight is 423 g/mol. The maximum atomic E-state index is 14.3. The predicted octanol–water partition coefficient (Wildman–Crippen LogP) is 7.87. The molecule has 1 aliphatic rings. The van der Waals surface area contributed by atoms with Crippen molar-refractivity contribution in [1.29, 1.82) is 0 Å². The van der Waals surface area contributed by atoms with Crippen LogP contribution < -0.4 is 0 Å². The number of carbonyl (C=O) groups is 1. The summed E-state index contributed by atoms with van der Waals surface area (Å²) >= 11 is 0. The monoisotopic (exact) mass is 422 g/mol. The van der Waals surface area contributed by atoms with Gasteiger partial charge in [-0.3, -0.25) is 4.79 Å². The van der Waals surface area contributed by atoms with Crippen LogP contribution >= 0.6 is 0 Å². The van der Waals surface area contributed by atoms with Gasteiger partial charge in [0, 0.05) is 5.56 Å². The van der Waals surface area contributed by atoms with Crippen LogP contribution in [0.5, 0.6) is 0 Å². The van der Waals surface area contributed by atoms with E-state index in [0.717, 1.165) is 24.0 Å². The number of Topliss-reactive ketones (excluding diaryl/α,β-unsaturated/α-hetero) is 1. The number of allylic oxidation sites excluding steroid dienone is 1. The predicted molar refractivity (Wildman–Crippen MR) is 134 cm³/mol. The first-order chi connectivity index (χ1) is 15.7. The Morgan fingerprint density at radius 2 is 1.28 bits per heavy atom. The number of benzene rings is 3. The Balaban J connectivity index is 1.77. The van der Waals surface area contributed by atoms with Gasteiger partial charge >= 0.3 is 0 Å². The molecule has 164 valence electrons. The van der Waals surface area contributed by atoms with Crippen LogP contribution in [0.1, 0.15) is 60.0 Å². The molecule has 3 aromatic rings. The van der Waals surface area contributed by atoms with E-state index in [4.69, 9.17) is 0 Å². The standard InChI is InChI=1S/C31H34O/c1-25(22-26-14-6-2-7-15-26)31(23-27-16-8-3-9-17-27,24-28-18-10-4-11-19-28)30(32)29-20-12-5-13-21-29/h2-3,5-9,12-17,20-21,28H,1,4,10-11,18-19,22-24H2. The van der Waals surface area contributed by atoms with Gasteiger partial charge in [-0.15, -0.1) is 0 Å². The summed E-state index contributed by atoms with van der Waals surface area (Å²) in [6.45, 7) is 4.61. The Hall–Kier alpha value is -2.93. The number of ketones is 1. The van der Waals surface area contributed by atoms with Crippen LogP contribution in [0.3, 0.4) is 0 Å². The molecule has 1 nitrogen and oxygen atoms in total. The molecule has 0 saturated heterocycles. The largest absolute Gasteiger partial charge is 0.293 e. The molecular formula is C31H34O. The summed E-state index contributed by atoms with van der Waals surface area (Å²) in [4.78, 5) is 14.3. The molecule has 0 heterocycles. The van der Waals surface area contributed by atoms with E-state index >= 15 is 0 Å². The summed E-state index contributed by atoms with van der Waals surface area (Å²) in [6.07, 6.45) is 8.64. The molecule has 0 N–H and O–H groups in total. The summed E-state index contributed by atoms with van der Waals surface area (Å²) in [5.41, 5.74) is 3.68. The highest BCUT2D eigenvalue weighted by atomic mass is 16.1. The van der Waals surface area contributed by atoms with Gasteiger partial charge in [-0.1, -0.05) is 135 Å². The summed E-state index contributed by atoms with van der Waals surface area (Å²) in [6, 6.07) is 30.9. The van der Waals surface area contributed by atoms with Crippen molar-refractivity contribution in [3.63, 3.8) is 0 Å². The van der Waals surface area contributed by atoms with Crippen LogP contribution in [0.4, 0.5) is 0 Å². The summed E-state index contributed by atoms with van der Waals surface area (Å²) < 4.78 is 0. The molecule has 1 fully saturated rings. The molecule has 0 aliphatic heterocycles. The van der Waals surface area contributed by atoms with Crippen molar-refractivity contribution < 1.29 is 4.79 Å². The molecular weight excluding hydrogens is 388 g/mol. The number of rotatable bonds is 9. The quantitative estimate of drug-likeness (QED) is 0.253. The molecule has 1 unspecified atom stereocenters. The molecule has 0 bridgehead atoms. The SMILES string of the molecule is C=C(Cc1ccccc1)C(Cc1ccccc1)(CC1CCCCC1)C(=O)c1ccccc1. The molecule has 1 aliphatic carbocycles. The van der Waals surface area contributed by atoms with Gasteiger partial charge in [-0.2, -0.15) is 0 Å². The van der Waals surface area contributed by atoms with Crippen LogP contribution in [0.15, 0.2) is 103 Å². The molecule has 0 spiro atoms. The minimum Gasteiger partial charge on any atom is -0.293 e. The Morgan fingerprint density at radius 3 is 1.88 bits per heavy atom. The van der Waals surface area contributed by atoms with Gasteiger partial charge in [-0.05, 0) is 36.3 Å². The number of hydrogen-bond acceptors (Lipinski definition) is 1. The van der Waals surface area contributed by atoms with Gasteiger partial charge < -0.3 is 0 Å². The van der Waals surface area contributed by atoms with Crippen molar-refractivity contribution in [3.8, 4) is 0 Å². The summed E-state index contributed by atoms with van der Waals surface area (Å²) in [7, 11) is 0. The lowest BCUT2D eigenvalue weighted by molar-refractivity contribution is 0.0782.